The van der Waals surface area contributed by atoms with Gasteiger partial charge in [-0.1, -0.05) is 103 Å². The molecule has 6 aromatic rings. The van der Waals surface area contributed by atoms with Crippen molar-refractivity contribution in [1.29, 1.82) is 0 Å². The lowest BCUT2D eigenvalue weighted by Crippen LogP contribution is -2.01. The third kappa shape index (κ3) is 3.95. The zero-order chi connectivity index (χ0) is 22.7. The first-order chi connectivity index (χ1) is 16.8. The van der Waals surface area contributed by atoms with Gasteiger partial charge >= 0.3 is 0 Å². The highest BCUT2D eigenvalue weighted by Gasteiger charge is 2.13. The van der Waals surface area contributed by atoms with Crippen LogP contribution < -0.4 is 0 Å². The summed E-state index contributed by atoms with van der Waals surface area (Å²) >= 11 is 0. The van der Waals surface area contributed by atoms with E-state index in [0.717, 1.165) is 29.9 Å². The van der Waals surface area contributed by atoms with Gasteiger partial charge in [0.15, 0.2) is 0 Å². The Kier molecular flexibility index (Phi) is 5.33. The third-order valence-electron chi connectivity index (χ3n) is 6.40. The van der Waals surface area contributed by atoms with Gasteiger partial charge in [0.05, 0.1) is 11.4 Å². The molecule has 0 saturated carbocycles. The van der Waals surface area contributed by atoms with Crippen LogP contribution in [0.5, 0.6) is 0 Å². The van der Waals surface area contributed by atoms with E-state index in [9.17, 15) is 0 Å². The maximum atomic E-state index is 5.17. The molecule has 0 unspecified atom stereocenters. The fourth-order valence-corrected chi connectivity index (χ4v) is 4.78. The molecular weight excluding hydrogens is 412 g/mol. The summed E-state index contributed by atoms with van der Waals surface area (Å²) in [7, 11) is 0. The number of aromatic nitrogens is 2. The largest absolute Gasteiger partial charge is 0.257 e. The molecule has 0 spiro atoms. The Bertz CT molecular complexity index is 1600. The van der Waals surface area contributed by atoms with Crippen LogP contribution in [0.1, 0.15) is 22.5 Å². The van der Waals surface area contributed by atoms with Crippen molar-refractivity contribution in [1.82, 2.24) is 9.97 Å². The lowest BCUT2D eigenvalue weighted by Gasteiger charge is -2.14. The zero-order valence-electron chi connectivity index (χ0n) is 18.9. The molecule has 162 valence electrons. The number of hydrogen-bond acceptors (Lipinski definition) is 2. The summed E-state index contributed by atoms with van der Waals surface area (Å²) in [6, 6.07) is 40.5. The molecule has 0 saturated heterocycles. The molecular formula is C32H24N2. The average molecular weight is 437 g/mol. The van der Waals surface area contributed by atoms with Crippen LogP contribution in [-0.2, 0) is 12.8 Å². The quantitative estimate of drug-likeness (QED) is 0.278. The van der Waals surface area contributed by atoms with E-state index in [0.29, 0.717) is 0 Å². The Morgan fingerprint density at radius 3 is 2.15 bits per heavy atom. The molecule has 2 heteroatoms. The second-order valence-electron chi connectivity index (χ2n) is 8.66. The van der Waals surface area contributed by atoms with Crippen molar-refractivity contribution in [2.24, 2.45) is 0 Å². The minimum atomic E-state index is 0.754. The van der Waals surface area contributed by atoms with Gasteiger partial charge < -0.3 is 0 Å². The van der Waals surface area contributed by atoms with Gasteiger partial charge in [-0.15, -0.1) is 0 Å². The Morgan fingerprint density at radius 2 is 1.26 bits per heavy atom. The average Bonchev–Trinajstić information content (AvgIpc) is 2.89. The molecule has 0 atom stereocenters. The minimum absolute atomic E-state index is 0.754. The second-order valence-corrected chi connectivity index (χ2v) is 8.66. The Hall–Kier alpha value is -4.30. The fraction of sp³-hybridized carbons (Fsp3) is 0.0625. The number of pyridine rings is 2. The predicted molar refractivity (Wildman–Crippen MR) is 141 cm³/mol. The second kappa shape index (κ2) is 8.92. The minimum Gasteiger partial charge on any atom is -0.257 e. The lowest BCUT2D eigenvalue weighted by atomic mass is 9.95. The van der Waals surface area contributed by atoms with Crippen LogP contribution in [0.4, 0.5) is 0 Å². The maximum absolute atomic E-state index is 5.17. The van der Waals surface area contributed by atoms with Gasteiger partial charge in [-0.25, -0.2) is 0 Å². The highest BCUT2D eigenvalue weighted by molar-refractivity contribution is 5.95. The summed E-state index contributed by atoms with van der Waals surface area (Å²) in [5.74, 6) is 0. The van der Waals surface area contributed by atoms with Crippen molar-refractivity contribution in [2.45, 2.75) is 12.8 Å². The highest BCUT2D eigenvalue weighted by Crippen LogP contribution is 2.31. The van der Waals surface area contributed by atoms with Crippen LogP contribution in [0.2, 0.25) is 0 Å². The first-order valence-corrected chi connectivity index (χ1v) is 11.7. The van der Waals surface area contributed by atoms with Crippen molar-refractivity contribution in [3.8, 4) is 11.3 Å². The highest BCUT2D eigenvalue weighted by atomic mass is 14.7. The molecule has 0 bridgehead atoms. The summed E-state index contributed by atoms with van der Waals surface area (Å²) in [6.45, 7) is 0. The van der Waals surface area contributed by atoms with Crippen LogP contribution >= 0.6 is 0 Å². The summed E-state index contributed by atoms with van der Waals surface area (Å²) in [5.41, 5.74) is 6.91. The van der Waals surface area contributed by atoms with E-state index in [2.05, 4.69) is 115 Å². The number of hydrogen-bond donors (Lipinski definition) is 0. The molecule has 6 rings (SSSR count). The molecule has 2 aromatic heterocycles. The summed E-state index contributed by atoms with van der Waals surface area (Å²) in [5, 5.41) is 4.82. The normalized spacial score (nSPS) is 11.2. The number of fused-ring (bicyclic) bond motifs is 2. The van der Waals surface area contributed by atoms with Gasteiger partial charge in [0.25, 0.3) is 0 Å². The number of benzene rings is 4. The number of nitrogens with zero attached hydrogens (tertiary/aromatic N) is 2. The van der Waals surface area contributed by atoms with Gasteiger partial charge in [0.1, 0.15) is 0 Å². The van der Waals surface area contributed by atoms with E-state index in [-0.39, 0.29) is 0 Å². The van der Waals surface area contributed by atoms with E-state index < -0.39 is 0 Å². The standard InChI is InChI=1S/C32H24N2/c1-2-10-23(11-3-1)20-27-21-25-13-5-7-15-28(25)31(34-27)22-26-14-6-9-17-30(26)32-29-16-8-4-12-24(29)18-19-33-32/h1-19,21H,20,22H2. The van der Waals surface area contributed by atoms with E-state index in [1.54, 1.807) is 0 Å². The van der Waals surface area contributed by atoms with Gasteiger partial charge in [-0.05, 0) is 34.0 Å². The Morgan fingerprint density at radius 1 is 0.559 bits per heavy atom. The van der Waals surface area contributed by atoms with Crippen molar-refractivity contribution < 1.29 is 0 Å². The molecule has 0 N–H and O–H groups in total. The maximum Gasteiger partial charge on any atom is 0.0783 e. The van der Waals surface area contributed by atoms with Crippen molar-refractivity contribution in [2.75, 3.05) is 0 Å². The van der Waals surface area contributed by atoms with Crippen LogP contribution in [0.25, 0.3) is 32.8 Å². The SMILES string of the molecule is c1ccc(Cc2cc3ccccc3c(Cc3ccccc3-c3nccc4ccccc34)n2)cc1. The molecule has 0 amide bonds. The van der Waals surface area contributed by atoms with E-state index in [4.69, 9.17) is 9.97 Å². The summed E-state index contributed by atoms with van der Waals surface area (Å²) < 4.78 is 0. The van der Waals surface area contributed by atoms with Gasteiger partial charge in [-0.2, -0.15) is 0 Å². The van der Waals surface area contributed by atoms with E-state index in [1.807, 2.05) is 6.20 Å². The lowest BCUT2D eigenvalue weighted by molar-refractivity contribution is 1.01. The smallest absolute Gasteiger partial charge is 0.0783 e. The zero-order valence-corrected chi connectivity index (χ0v) is 18.9. The molecule has 2 heterocycles. The summed E-state index contributed by atoms with van der Waals surface area (Å²) in [6.07, 6.45) is 3.48. The molecule has 2 nitrogen and oxygen atoms in total. The third-order valence-corrected chi connectivity index (χ3v) is 6.40. The van der Waals surface area contributed by atoms with E-state index in [1.165, 1.54) is 38.2 Å². The van der Waals surface area contributed by atoms with Crippen LogP contribution in [0, 0.1) is 0 Å². The molecule has 0 radical (unpaired) electrons. The summed E-state index contributed by atoms with van der Waals surface area (Å²) in [4.78, 5) is 9.96. The molecule has 34 heavy (non-hydrogen) atoms. The van der Waals surface area contributed by atoms with Gasteiger partial charge in [0, 0.05) is 41.1 Å². The fourth-order valence-electron chi connectivity index (χ4n) is 4.78. The van der Waals surface area contributed by atoms with Crippen LogP contribution in [0.3, 0.4) is 0 Å². The van der Waals surface area contributed by atoms with Crippen LogP contribution in [0.15, 0.2) is 121 Å². The number of rotatable bonds is 5. The van der Waals surface area contributed by atoms with Gasteiger partial charge in [0.2, 0.25) is 0 Å². The Balaban J connectivity index is 1.46. The molecule has 0 aliphatic heterocycles. The van der Waals surface area contributed by atoms with Crippen molar-refractivity contribution in [3.05, 3.63) is 144 Å². The van der Waals surface area contributed by atoms with Crippen LogP contribution in [-0.4, -0.2) is 9.97 Å². The molecule has 4 aromatic carbocycles. The topological polar surface area (TPSA) is 25.8 Å². The molecule has 0 fully saturated rings. The van der Waals surface area contributed by atoms with Crippen molar-refractivity contribution in [3.63, 3.8) is 0 Å². The molecule has 0 aliphatic rings. The first kappa shape index (κ1) is 20.3. The first-order valence-electron chi connectivity index (χ1n) is 11.7. The van der Waals surface area contributed by atoms with Crippen molar-refractivity contribution >= 4 is 21.5 Å². The Labute approximate surface area is 199 Å². The van der Waals surface area contributed by atoms with E-state index >= 15 is 0 Å². The predicted octanol–water partition coefficient (Wildman–Crippen LogP) is 7.63. The monoisotopic (exact) mass is 436 g/mol. The molecule has 0 aliphatic carbocycles. The van der Waals surface area contributed by atoms with Gasteiger partial charge in [-0.3, -0.25) is 9.97 Å².